The van der Waals surface area contributed by atoms with Crippen molar-refractivity contribution in [3.05, 3.63) is 0 Å². The first-order chi connectivity index (χ1) is 10.4. The Bertz CT molecular complexity index is 580. The molecule has 0 aromatic rings. The smallest absolute Gasteiger partial charge is 1.00 e. The largest absolute Gasteiger partial charge is 1.00 e. The van der Waals surface area contributed by atoms with Crippen molar-refractivity contribution in [3.8, 4) is 0 Å². The second-order valence-corrected chi connectivity index (χ2v) is 8.25. The Morgan fingerprint density at radius 3 is 1.80 bits per heavy atom. The summed E-state index contributed by atoms with van der Waals surface area (Å²) in [5, 5.41) is -6.85. The molecular formula is C9H12F9KO4SSi. The molecule has 1 aliphatic heterocycles. The summed E-state index contributed by atoms with van der Waals surface area (Å²) >= 11 is 0. The van der Waals surface area contributed by atoms with Crippen LogP contribution >= 0.6 is 0 Å². The first kappa shape index (κ1) is 26.1. The van der Waals surface area contributed by atoms with E-state index >= 15 is 0 Å². The predicted molar refractivity (Wildman–Crippen MR) is 64.5 cm³/mol. The van der Waals surface area contributed by atoms with Gasteiger partial charge >= 0.3 is 84.8 Å². The maximum Gasteiger partial charge on any atom is 1.00 e. The fraction of sp³-hybridized carbons (Fsp3) is 1.00. The van der Waals surface area contributed by atoms with Crippen LogP contribution in [0.2, 0.25) is 0 Å². The van der Waals surface area contributed by atoms with Crippen LogP contribution in [0.5, 0.6) is 0 Å². The molecule has 1 aliphatic rings. The van der Waals surface area contributed by atoms with Crippen LogP contribution in [0.3, 0.4) is 0 Å². The molecule has 0 spiro atoms. The van der Waals surface area contributed by atoms with E-state index in [9.17, 15) is 47.9 Å². The molecule has 1 rings (SSSR count). The van der Waals surface area contributed by atoms with Crippen molar-refractivity contribution in [1.29, 1.82) is 0 Å². The maximum absolute atomic E-state index is 13.4. The number of halogens is 9. The van der Waals surface area contributed by atoms with Gasteiger partial charge in [-0.3, -0.25) is 0 Å². The van der Waals surface area contributed by atoms with E-state index in [-0.39, 0.29) is 72.3 Å². The summed E-state index contributed by atoms with van der Waals surface area (Å²) in [6.07, 6.45) is -6.88. The zero-order valence-corrected chi connectivity index (χ0v) is 18.7. The molecule has 1 saturated heterocycles. The molecule has 0 saturated carbocycles. The minimum atomic E-state index is -7.31. The van der Waals surface area contributed by atoms with Crippen LogP contribution in [0.1, 0.15) is 20.7 Å². The Morgan fingerprint density at radius 2 is 1.44 bits per heavy atom. The van der Waals surface area contributed by atoms with Crippen molar-refractivity contribution in [1.82, 2.24) is 0 Å². The summed E-state index contributed by atoms with van der Waals surface area (Å²) in [6, 6.07) is 0. The molecule has 0 aliphatic carbocycles. The van der Waals surface area contributed by atoms with E-state index < -0.39 is 49.0 Å². The quantitative estimate of drug-likeness (QED) is 0.307. The van der Waals surface area contributed by atoms with E-state index in [2.05, 4.69) is 4.18 Å². The molecule has 1 unspecified atom stereocenters. The van der Waals surface area contributed by atoms with Gasteiger partial charge < -0.3 is 6.16 Å². The van der Waals surface area contributed by atoms with Crippen LogP contribution in [0.25, 0.3) is 0 Å². The summed E-state index contributed by atoms with van der Waals surface area (Å²) in [5.74, 6) is -14.6. The van der Waals surface area contributed by atoms with Crippen LogP contribution in [0.15, 0.2) is 0 Å². The molecule has 146 valence electrons. The average molecular weight is 454 g/mol. The normalized spacial score (nSPS) is 24.0. The summed E-state index contributed by atoms with van der Waals surface area (Å²) in [5.41, 5.74) is -2.25. The molecule has 0 bridgehead atoms. The first-order valence-corrected chi connectivity index (χ1v) is 8.61. The fourth-order valence-corrected chi connectivity index (χ4v) is 4.13. The Balaban J connectivity index is 0. The van der Waals surface area contributed by atoms with Crippen LogP contribution in [-0.2, 0) is 19.0 Å². The van der Waals surface area contributed by atoms with Crippen LogP contribution < -0.4 is 51.4 Å². The van der Waals surface area contributed by atoms with Gasteiger partial charge in [0, 0.05) is 6.61 Å². The van der Waals surface area contributed by atoms with Crippen LogP contribution in [-0.4, -0.2) is 54.0 Å². The molecule has 4 nitrogen and oxygen atoms in total. The molecule has 25 heavy (non-hydrogen) atoms. The Hall–Kier alpha value is 1.09. The SMILES string of the molecule is O=S(=O)(OC1([SiH3])CCCCO1)C(F)(F)C(F)(F)C(F)(F)C(F)(F)F.[H-].[K+]. The van der Waals surface area contributed by atoms with E-state index in [0.717, 1.165) is 0 Å². The van der Waals surface area contributed by atoms with Gasteiger partial charge in [0.2, 0.25) is 0 Å². The molecule has 0 aromatic heterocycles. The molecule has 0 N–H and O–H groups in total. The average Bonchev–Trinajstić information content (AvgIpc) is 2.36. The van der Waals surface area contributed by atoms with Crippen molar-refractivity contribution < 1.29 is 110 Å². The van der Waals surface area contributed by atoms with Crippen molar-refractivity contribution in [2.45, 2.75) is 47.9 Å². The van der Waals surface area contributed by atoms with Gasteiger partial charge in [0.05, 0.1) is 10.2 Å². The van der Waals surface area contributed by atoms with Gasteiger partial charge in [-0.25, -0.2) is 4.18 Å². The zero-order valence-electron chi connectivity index (χ0n) is 13.8. The molecule has 16 heteroatoms. The van der Waals surface area contributed by atoms with Gasteiger partial charge in [0.15, 0.2) is 5.41 Å². The van der Waals surface area contributed by atoms with Gasteiger partial charge in [-0.15, -0.1) is 0 Å². The summed E-state index contributed by atoms with van der Waals surface area (Å²) < 4.78 is 146. The molecule has 0 aromatic carbocycles. The Labute approximate surface area is 183 Å². The van der Waals surface area contributed by atoms with E-state index in [1.54, 1.807) is 0 Å². The second kappa shape index (κ2) is 7.84. The minimum absolute atomic E-state index is 0. The third kappa shape index (κ3) is 4.75. The second-order valence-electron chi connectivity index (χ2n) is 5.14. The summed E-state index contributed by atoms with van der Waals surface area (Å²) in [7, 11) is -7.32. The van der Waals surface area contributed by atoms with Gasteiger partial charge in [-0.2, -0.15) is 47.9 Å². The van der Waals surface area contributed by atoms with Crippen molar-refractivity contribution in [2.24, 2.45) is 0 Å². The molecule has 1 heterocycles. The van der Waals surface area contributed by atoms with E-state index in [1.165, 1.54) is 0 Å². The summed E-state index contributed by atoms with van der Waals surface area (Å²) in [4.78, 5) is 0. The Kier molecular flexibility index (Phi) is 8.19. The first-order valence-electron chi connectivity index (χ1n) is 6.21. The fourth-order valence-electron chi connectivity index (χ4n) is 1.78. The molecular weight excluding hydrogens is 442 g/mol. The van der Waals surface area contributed by atoms with Crippen LogP contribution in [0, 0.1) is 0 Å². The molecule has 0 amide bonds. The Morgan fingerprint density at radius 1 is 0.960 bits per heavy atom. The number of alkyl halides is 9. The molecule has 0 radical (unpaired) electrons. The minimum Gasteiger partial charge on any atom is -1.00 e. The van der Waals surface area contributed by atoms with Crippen molar-refractivity contribution >= 4 is 20.4 Å². The predicted octanol–water partition coefficient (Wildman–Crippen LogP) is -0.905. The van der Waals surface area contributed by atoms with E-state index in [1.807, 2.05) is 0 Å². The van der Waals surface area contributed by atoms with Gasteiger partial charge in [0.1, 0.15) is 0 Å². The van der Waals surface area contributed by atoms with Crippen LogP contribution in [0.4, 0.5) is 39.5 Å². The molecule has 1 atom stereocenters. The third-order valence-electron chi connectivity index (χ3n) is 3.15. The number of hydrogen-bond acceptors (Lipinski definition) is 4. The van der Waals surface area contributed by atoms with Gasteiger partial charge in [-0.05, 0) is 19.3 Å². The standard InChI is InChI=1S/C9H11F9O4SSi.K.H/c10-6(11,8(14,15)16)7(12,13)9(17,18)23(19,20)22-5(24)3-1-2-4-21-5;;/h1-4H2,24H3;;/q;+1;-1. The van der Waals surface area contributed by atoms with Crippen molar-refractivity contribution in [3.63, 3.8) is 0 Å². The van der Waals surface area contributed by atoms with E-state index in [4.69, 9.17) is 4.74 Å². The number of hydrogen-bond donors (Lipinski definition) is 0. The zero-order chi connectivity index (χ0) is 19.2. The maximum atomic E-state index is 13.4. The van der Waals surface area contributed by atoms with E-state index in [0.29, 0.717) is 6.42 Å². The number of rotatable bonds is 5. The monoisotopic (exact) mass is 454 g/mol. The van der Waals surface area contributed by atoms with Crippen molar-refractivity contribution in [2.75, 3.05) is 6.61 Å². The molecule has 1 fully saturated rings. The van der Waals surface area contributed by atoms with Gasteiger partial charge in [-0.1, -0.05) is 0 Å². The topological polar surface area (TPSA) is 52.6 Å². The number of ether oxygens (including phenoxy) is 1. The summed E-state index contributed by atoms with van der Waals surface area (Å²) in [6.45, 7) is -0.181. The van der Waals surface area contributed by atoms with Gasteiger partial charge in [0.25, 0.3) is 0 Å². The third-order valence-corrected chi connectivity index (χ3v) is 5.89.